The third-order valence-electron chi connectivity index (χ3n) is 6.05. The molecule has 6 unspecified atom stereocenters. The molecular formula is C22H30O6. The summed E-state index contributed by atoms with van der Waals surface area (Å²) >= 11 is 0. The van der Waals surface area contributed by atoms with Gasteiger partial charge < -0.3 is 19.3 Å². The van der Waals surface area contributed by atoms with Gasteiger partial charge in [-0.3, -0.25) is 4.79 Å². The number of epoxide rings is 1. The number of aliphatic hydroxyl groups is 1. The predicted octanol–water partition coefficient (Wildman–Crippen LogP) is 3.00. The molecule has 28 heavy (non-hydrogen) atoms. The summed E-state index contributed by atoms with van der Waals surface area (Å²) in [5.41, 5.74) is 1.78. The molecule has 154 valence electrons. The minimum atomic E-state index is -0.791. The molecule has 0 bridgehead atoms. The third kappa shape index (κ3) is 4.08. The zero-order valence-corrected chi connectivity index (χ0v) is 17.1. The van der Waals surface area contributed by atoms with Crippen molar-refractivity contribution >= 4 is 11.9 Å². The van der Waals surface area contributed by atoms with Crippen molar-refractivity contribution in [2.75, 3.05) is 0 Å². The Labute approximate surface area is 166 Å². The number of rotatable bonds is 1. The number of fused-ring (bicyclic) bond motifs is 3. The van der Waals surface area contributed by atoms with E-state index in [0.29, 0.717) is 12.8 Å². The summed E-state index contributed by atoms with van der Waals surface area (Å²) in [4.78, 5) is 23.8. The molecule has 6 heteroatoms. The van der Waals surface area contributed by atoms with Crippen LogP contribution in [0.15, 0.2) is 35.5 Å². The summed E-state index contributed by atoms with van der Waals surface area (Å²) in [6.45, 7) is 11.1. The normalized spacial score (nSPS) is 39.0. The molecule has 0 radical (unpaired) electrons. The van der Waals surface area contributed by atoms with Crippen LogP contribution in [0.25, 0.3) is 0 Å². The lowest BCUT2D eigenvalue weighted by molar-refractivity contribution is -0.149. The predicted molar refractivity (Wildman–Crippen MR) is 103 cm³/mol. The first-order chi connectivity index (χ1) is 13.1. The first-order valence-corrected chi connectivity index (χ1v) is 9.87. The van der Waals surface area contributed by atoms with Crippen molar-refractivity contribution in [2.24, 2.45) is 5.92 Å². The first-order valence-electron chi connectivity index (χ1n) is 9.87. The third-order valence-corrected chi connectivity index (χ3v) is 6.05. The molecule has 1 aliphatic carbocycles. The summed E-state index contributed by atoms with van der Waals surface area (Å²) in [7, 11) is 0. The second kappa shape index (κ2) is 7.84. The van der Waals surface area contributed by atoms with Gasteiger partial charge in [0.2, 0.25) is 0 Å². The number of hydrogen-bond acceptors (Lipinski definition) is 6. The standard InChI is InChI=1S/C22H30O6/c1-12-7-6-8-13(2)11-16(24)18-14(3)21(25)27-19(18)20-22(5,28-20)17(10-9-12)26-15(4)23/h8-9,16-20,24H,3,6-7,10-11H2,1-2,4-5H3. The van der Waals surface area contributed by atoms with E-state index in [0.717, 1.165) is 18.4 Å². The highest BCUT2D eigenvalue weighted by molar-refractivity contribution is 5.91. The summed E-state index contributed by atoms with van der Waals surface area (Å²) in [5, 5.41) is 10.8. The SMILES string of the molecule is C=C1C(=O)OC2C1C(O)CC(C)=CCCC(C)=CCC(OC(C)=O)C1(C)OC21. The van der Waals surface area contributed by atoms with E-state index in [9.17, 15) is 14.7 Å². The summed E-state index contributed by atoms with van der Waals surface area (Å²) in [5.74, 6) is -1.42. The van der Waals surface area contributed by atoms with Crippen LogP contribution in [-0.4, -0.2) is 47.1 Å². The van der Waals surface area contributed by atoms with E-state index in [-0.39, 0.29) is 11.5 Å². The number of carbonyl (C=O) groups is 2. The first kappa shape index (κ1) is 20.8. The molecule has 0 aromatic rings. The fourth-order valence-electron chi connectivity index (χ4n) is 4.30. The van der Waals surface area contributed by atoms with Gasteiger partial charge in [0, 0.05) is 18.9 Å². The van der Waals surface area contributed by atoms with Crippen molar-refractivity contribution in [3.05, 3.63) is 35.5 Å². The summed E-state index contributed by atoms with van der Waals surface area (Å²) in [6, 6.07) is 0. The smallest absolute Gasteiger partial charge is 0.334 e. The maximum Gasteiger partial charge on any atom is 0.334 e. The molecule has 1 N–H and O–H groups in total. The fourth-order valence-corrected chi connectivity index (χ4v) is 4.30. The van der Waals surface area contributed by atoms with Crippen LogP contribution in [-0.2, 0) is 23.8 Å². The largest absolute Gasteiger partial charge is 0.459 e. The van der Waals surface area contributed by atoms with E-state index in [1.54, 1.807) is 0 Å². The maximum absolute atomic E-state index is 12.2. The van der Waals surface area contributed by atoms with Crippen molar-refractivity contribution in [3.8, 4) is 0 Å². The summed E-state index contributed by atoms with van der Waals surface area (Å²) < 4.78 is 17.1. The van der Waals surface area contributed by atoms with E-state index in [2.05, 4.69) is 25.7 Å². The molecule has 2 aliphatic heterocycles. The second-order valence-corrected chi connectivity index (χ2v) is 8.39. The van der Waals surface area contributed by atoms with Crippen LogP contribution in [0.1, 0.15) is 53.4 Å². The van der Waals surface area contributed by atoms with Gasteiger partial charge in [0.05, 0.1) is 12.0 Å². The highest BCUT2D eigenvalue weighted by atomic mass is 16.7. The molecule has 0 amide bonds. The van der Waals surface area contributed by atoms with Crippen LogP contribution in [0.2, 0.25) is 0 Å². The van der Waals surface area contributed by atoms with Gasteiger partial charge in [0.15, 0.2) is 0 Å². The Kier molecular flexibility index (Phi) is 5.82. The van der Waals surface area contributed by atoms with Gasteiger partial charge in [-0.05, 0) is 40.0 Å². The van der Waals surface area contributed by atoms with Crippen molar-refractivity contribution < 1.29 is 28.9 Å². The van der Waals surface area contributed by atoms with E-state index < -0.39 is 41.9 Å². The monoisotopic (exact) mass is 390 g/mol. The lowest BCUT2D eigenvalue weighted by Crippen LogP contribution is -2.40. The average molecular weight is 390 g/mol. The van der Waals surface area contributed by atoms with Crippen LogP contribution < -0.4 is 0 Å². The molecular weight excluding hydrogens is 360 g/mol. The number of hydrogen-bond donors (Lipinski definition) is 1. The Morgan fingerprint density at radius 2 is 2.04 bits per heavy atom. The quantitative estimate of drug-likeness (QED) is 0.321. The van der Waals surface area contributed by atoms with E-state index >= 15 is 0 Å². The second-order valence-electron chi connectivity index (χ2n) is 8.39. The van der Waals surface area contributed by atoms with Crippen LogP contribution >= 0.6 is 0 Å². The Morgan fingerprint density at radius 3 is 2.71 bits per heavy atom. The van der Waals surface area contributed by atoms with E-state index in [4.69, 9.17) is 14.2 Å². The molecule has 2 fully saturated rings. The van der Waals surface area contributed by atoms with Crippen molar-refractivity contribution in [2.45, 2.75) is 83.4 Å². The van der Waals surface area contributed by atoms with Gasteiger partial charge >= 0.3 is 11.9 Å². The fraction of sp³-hybridized carbons (Fsp3) is 0.636. The maximum atomic E-state index is 12.2. The van der Waals surface area contributed by atoms with E-state index in [1.807, 2.05) is 13.8 Å². The topological polar surface area (TPSA) is 85.4 Å². The number of ether oxygens (including phenoxy) is 3. The molecule has 6 atom stereocenters. The molecule has 2 saturated heterocycles. The van der Waals surface area contributed by atoms with Gasteiger partial charge in [0.1, 0.15) is 23.9 Å². The van der Waals surface area contributed by atoms with Crippen LogP contribution in [0.4, 0.5) is 0 Å². The molecule has 0 aromatic heterocycles. The van der Waals surface area contributed by atoms with Crippen molar-refractivity contribution in [1.82, 2.24) is 0 Å². The van der Waals surface area contributed by atoms with Crippen LogP contribution in [0.5, 0.6) is 0 Å². The van der Waals surface area contributed by atoms with Gasteiger partial charge in [-0.25, -0.2) is 4.79 Å². The zero-order chi connectivity index (χ0) is 20.6. The Bertz CT molecular complexity index is 735. The van der Waals surface area contributed by atoms with Gasteiger partial charge in [-0.1, -0.05) is 29.9 Å². The van der Waals surface area contributed by atoms with E-state index in [1.165, 1.54) is 12.5 Å². The number of aliphatic hydroxyl groups excluding tert-OH is 1. The molecule has 3 aliphatic rings. The van der Waals surface area contributed by atoms with Gasteiger partial charge in [0.25, 0.3) is 0 Å². The molecule has 0 saturated carbocycles. The van der Waals surface area contributed by atoms with Gasteiger partial charge in [-0.15, -0.1) is 0 Å². The molecule has 3 rings (SSSR count). The van der Waals surface area contributed by atoms with Crippen LogP contribution in [0.3, 0.4) is 0 Å². The number of allylic oxidation sites excluding steroid dienone is 2. The van der Waals surface area contributed by atoms with Gasteiger partial charge in [-0.2, -0.15) is 0 Å². The minimum absolute atomic E-state index is 0.273. The lowest BCUT2D eigenvalue weighted by atomic mass is 9.82. The number of esters is 2. The van der Waals surface area contributed by atoms with Crippen LogP contribution in [0, 0.1) is 5.92 Å². The Balaban J connectivity index is 1.94. The van der Waals surface area contributed by atoms with Crippen molar-refractivity contribution in [1.29, 1.82) is 0 Å². The highest BCUT2D eigenvalue weighted by Crippen LogP contribution is 2.50. The Morgan fingerprint density at radius 1 is 1.32 bits per heavy atom. The minimum Gasteiger partial charge on any atom is -0.459 e. The Hall–Kier alpha value is -1.92. The average Bonchev–Trinajstić information content (AvgIpc) is 3.20. The molecule has 0 aromatic carbocycles. The summed E-state index contributed by atoms with van der Waals surface area (Å²) in [6.07, 6.45) is 4.53. The highest BCUT2D eigenvalue weighted by Gasteiger charge is 2.67. The molecule has 2 heterocycles. The molecule has 6 nitrogen and oxygen atoms in total. The zero-order valence-electron chi connectivity index (χ0n) is 17.1. The van der Waals surface area contributed by atoms with Crippen molar-refractivity contribution in [3.63, 3.8) is 0 Å². The number of carbonyl (C=O) groups excluding carboxylic acids is 2. The molecule has 0 spiro atoms. The lowest BCUT2D eigenvalue weighted by Gasteiger charge is -2.25.